The van der Waals surface area contributed by atoms with Crippen molar-refractivity contribution in [2.75, 3.05) is 82.1 Å². The molecule has 90 heavy (non-hydrogen) atoms. The van der Waals surface area contributed by atoms with Crippen molar-refractivity contribution in [3.8, 4) is 57.2 Å². The van der Waals surface area contributed by atoms with Crippen molar-refractivity contribution in [1.82, 2.24) is 45.9 Å². The van der Waals surface area contributed by atoms with Gasteiger partial charge in [0.15, 0.2) is 17.5 Å². The normalized spacial score (nSPS) is 19.1. The van der Waals surface area contributed by atoms with Crippen LogP contribution in [-0.4, -0.2) is 156 Å². The van der Waals surface area contributed by atoms with E-state index >= 15 is 0 Å². The number of para-hydroxylation sites is 1. The molecule has 20 nitrogen and oxygen atoms in total. The van der Waals surface area contributed by atoms with Crippen LogP contribution in [0.25, 0.3) is 66.9 Å². The maximum absolute atomic E-state index is 10.7. The first kappa shape index (κ1) is 64.6. The van der Waals surface area contributed by atoms with Crippen LogP contribution in [0.15, 0.2) is 103 Å². The van der Waals surface area contributed by atoms with Crippen LogP contribution in [0.5, 0.6) is 23.0 Å². The lowest BCUT2D eigenvalue weighted by molar-refractivity contribution is 0.0214. The number of aryl methyl sites for hydroxylation is 6. The standard InChI is InChI=1S/C26H34N4O4.C24H30N4O2.C20H22N4O2/c1-15-6-7-22(31)18(10-15)25-28-20-12-23(34-9-8-33-5)16(2)11-17(20)24(30-25)29-21-14-27-13-19(21)26(3,4)32;1-13-6-7-21(29)17(8-13)23-26-19-10-15(3)14(2)9-16(19)22(28-23)27-20-12-25-11-18(20)24(4,5)30;1-12-6-7-18(26)15(8-12)20-22-16-5-3-2-4-14(16)19(24-20)23-17-10-21-9-13(17)11-25/h6-7,10-12,19,21,27,31-32H,8-9,13-14H2,1-5H3,(H,28,29,30);6-10,18,20,25,29-30H,11-12H2,1-5H3,(H,26,27,28);2-8,13,17,21,25-26H,9-11H2,1H3,(H,22,23,24)/t19-,21-;18-,20-;13-,17+/m110/s1. The predicted octanol–water partition coefficient (Wildman–Crippen LogP) is 9.42. The average molecular weight is 1220 g/mol. The highest BCUT2D eigenvalue weighted by Crippen LogP contribution is 2.38. The second-order valence-corrected chi connectivity index (χ2v) is 25.4. The number of fused-ring (bicyclic) bond motifs is 3. The number of benzene rings is 6. The van der Waals surface area contributed by atoms with Gasteiger partial charge in [-0.3, -0.25) is 0 Å². The van der Waals surface area contributed by atoms with E-state index in [4.69, 9.17) is 34.4 Å². The highest BCUT2D eigenvalue weighted by Gasteiger charge is 2.40. The van der Waals surface area contributed by atoms with Crippen molar-refractivity contribution in [3.63, 3.8) is 0 Å². The molecular formula is C70H86N12O8. The summed E-state index contributed by atoms with van der Waals surface area (Å²) in [5.41, 5.74) is 8.83. The number of aromatic hydroxyl groups is 3. The number of aliphatic hydroxyl groups is 3. The van der Waals surface area contributed by atoms with E-state index in [-0.39, 0.29) is 59.7 Å². The zero-order chi connectivity index (χ0) is 64.2. The van der Waals surface area contributed by atoms with E-state index in [0.29, 0.717) is 71.8 Å². The fourth-order valence-electron chi connectivity index (χ4n) is 12.1. The molecule has 20 heteroatoms. The maximum atomic E-state index is 10.7. The third kappa shape index (κ3) is 14.8. The largest absolute Gasteiger partial charge is 0.507 e. The fraction of sp³-hybridized carbons (Fsp3) is 0.400. The van der Waals surface area contributed by atoms with Gasteiger partial charge in [-0.05, 0) is 153 Å². The molecule has 6 heterocycles. The second-order valence-electron chi connectivity index (χ2n) is 25.4. The number of rotatable bonds is 16. The van der Waals surface area contributed by atoms with E-state index in [0.717, 1.165) is 98.6 Å². The Balaban J connectivity index is 0.000000150. The Hall–Kier alpha value is -8.34. The molecule has 3 aromatic heterocycles. The summed E-state index contributed by atoms with van der Waals surface area (Å²) in [7, 11) is 1.64. The van der Waals surface area contributed by atoms with Crippen LogP contribution in [0.2, 0.25) is 0 Å². The smallest absolute Gasteiger partial charge is 0.165 e. The van der Waals surface area contributed by atoms with Gasteiger partial charge in [-0.15, -0.1) is 0 Å². The Morgan fingerprint density at radius 3 is 1.38 bits per heavy atom. The van der Waals surface area contributed by atoms with Gasteiger partial charge in [-0.2, -0.15) is 0 Å². The third-order valence-electron chi connectivity index (χ3n) is 17.4. The van der Waals surface area contributed by atoms with Gasteiger partial charge in [0.25, 0.3) is 0 Å². The van der Waals surface area contributed by atoms with Crippen molar-refractivity contribution in [2.45, 2.75) is 98.6 Å². The number of phenolic OH excluding ortho intramolecular Hbond substituents is 3. The molecule has 12 N–H and O–H groups in total. The highest BCUT2D eigenvalue weighted by molar-refractivity contribution is 5.94. The van der Waals surface area contributed by atoms with Crippen LogP contribution in [0.3, 0.4) is 0 Å². The molecule has 0 aliphatic carbocycles. The SMILES string of the molecule is COCCOc1cc2nc(-c3cc(C)ccc3O)nc(N[C@@H]3CNC[C@H]3C(C)(C)O)c2cc1C.Cc1ccc(O)c(-c2nc(N[C@@H]3CNC[C@H]3C(C)(C)O)c3cc(C)c(C)cc3n2)c1.Cc1ccc(O)c(-c2nc(N[C@@H]3CNC[C@H]3CO)c3ccccc3n2)c1. The van der Waals surface area contributed by atoms with Gasteiger partial charge in [-0.25, -0.2) is 29.9 Å². The predicted molar refractivity (Wildman–Crippen MR) is 357 cm³/mol. The molecule has 6 aromatic carbocycles. The van der Waals surface area contributed by atoms with Crippen LogP contribution >= 0.6 is 0 Å². The summed E-state index contributed by atoms with van der Waals surface area (Å²) < 4.78 is 11.0. The number of phenols is 3. The summed E-state index contributed by atoms with van der Waals surface area (Å²) in [5, 5.41) is 85.5. The minimum absolute atomic E-state index is 0.00563. The van der Waals surface area contributed by atoms with Gasteiger partial charge in [0.2, 0.25) is 0 Å². The van der Waals surface area contributed by atoms with Crippen LogP contribution in [-0.2, 0) is 4.74 Å². The number of hydrogen-bond acceptors (Lipinski definition) is 20. The number of aliphatic hydroxyl groups excluding tert-OH is 1. The summed E-state index contributed by atoms with van der Waals surface area (Å²) in [4.78, 5) is 28.6. The molecule has 0 unspecified atom stereocenters. The van der Waals surface area contributed by atoms with E-state index in [9.17, 15) is 30.6 Å². The van der Waals surface area contributed by atoms with Crippen LogP contribution in [0.4, 0.5) is 17.5 Å². The monoisotopic (exact) mass is 1220 g/mol. The fourth-order valence-corrected chi connectivity index (χ4v) is 12.1. The average Bonchev–Trinajstić information content (AvgIpc) is 1.64. The molecule has 3 fully saturated rings. The summed E-state index contributed by atoms with van der Waals surface area (Å²) >= 11 is 0. The minimum Gasteiger partial charge on any atom is -0.507 e. The van der Waals surface area contributed by atoms with Gasteiger partial charge >= 0.3 is 0 Å². The molecule has 3 aliphatic rings. The lowest BCUT2D eigenvalue weighted by Crippen LogP contribution is -2.42. The molecule has 12 rings (SSSR count). The molecule has 0 saturated carbocycles. The van der Waals surface area contributed by atoms with Gasteiger partial charge in [0.1, 0.15) is 47.1 Å². The quantitative estimate of drug-likeness (QED) is 0.0401. The first-order valence-electron chi connectivity index (χ1n) is 30.8. The zero-order valence-electron chi connectivity index (χ0n) is 53.3. The van der Waals surface area contributed by atoms with E-state index in [1.54, 1.807) is 25.3 Å². The number of nitrogens with zero attached hydrogens (tertiary/aromatic N) is 6. The van der Waals surface area contributed by atoms with E-state index in [2.05, 4.69) is 62.9 Å². The zero-order valence-corrected chi connectivity index (χ0v) is 53.3. The molecule has 3 saturated heterocycles. The Bertz CT molecular complexity index is 4040. The lowest BCUT2D eigenvalue weighted by atomic mass is 9.87. The topological polar surface area (TPSA) is 289 Å². The third-order valence-corrected chi connectivity index (χ3v) is 17.4. The van der Waals surface area contributed by atoms with E-state index < -0.39 is 11.2 Å². The Labute approximate surface area is 526 Å². The van der Waals surface area contributed by atoms with Crippen LogP contribution in [0.1, 0.15) is 61.1 Å². The second kappa shape index (κ2) is 27.4. The first-order chi connectivity index (χ1) is 43.0. The molecule has 474 valence electrons. The molecule has 0 bridgehead atoms. The summed E-state index contributed by atoms with van der Waals surface area (Å²) in [6.45, 7) is 24.9. The van der Waals surface area contributed by atoms with Crippen LogP contribution in [0, 0.1) is 59.3 Å². The molecular weight excluding hydrogens is 1140 g/mol. The molecule has 0 amide bonds. The van der Waals surface area contributed by atoms with Gasteiger partial charge in [0.05, 0.1) is 51.0 Å². The molecule has 6 atom stereocenters. The van der Waals surface area contributed by atoms with E-state index in [1.165, 1.54) is 5.56 Å². The molecule has 3 aliphatic heterocycles. The Morgan fingerprint density at radius 2 is 0.889 bits per heavy atom. The van der Waals surface area contributed by atoms with Crippen molar-refractivity contribution >= 4 is 50.2 Å². The van der Waals surface area contributed by atoms with Crippen LogP contribution < -0.4 is 36.6 Å². The molecule has 9 aromatic rings. The Kier molecular flexibility index (Phi) is 19.7. The molecule has 0 radical (unpaired) electrons. The molecule has 0 spiro atoms. The van der Waals surface area contributed by atoms with Crippen molar-refractivity contribution < 1.29 is 40.1 Å². The number of anilines is 3. The van der Waals surface area contributed by atoms with Crippen molar-refractivity contribution in [2.24, 2.45) is 17.8 Å². The summed E-state index contributed by atoms with van der Waals surface area (Å²) in [6, 6.07) is 32.2. The van der Waals surface area contributed by atoms with Crippen molar-refractivity contribution in [3.05, 3.63) is 137 Å². The summed E-state index contributed by atoms with van der Waals surface area (Å²) in [5.74, 6) is 4.86. The van der Waals surface area contributed by atoms with E-state index in [1.807, 2.05) is 128 Å². The van der Waals surface area contributed by atoms with Gasteiger partial charge in [-0.1, -0.05) is 47.0 Å². The van der Waals surface area contributed by atoms with Crippen molar-refractivity contribution in [1.29, 1.82) is 0 Å². The number of aromatic nitrogens is 6. The Morgan fingerprint density at radius 1 is 0.467 bits per heavy atom. The highest BCUT2D eigenvalue weighted by atomic mass is 16.5. The lowest BCUT2D eigenvalue weighted by Gasteiger charge is -2.31. The number of hydrogen-bond donors (Lipinski definition) is 12. The minimum atomic E-state index is -0.847. The first-order valence-corrected chi connectivity index (χ1v) is 30.8. The van der Waals surface area contributed by atoms with Gasteiger partial charge in [0, 0.05) is 111 Å². The maximum Gasteiger partial charge on any atom is 0.165 e. The number of methoxy groups -OCH3 is 1. The summed E-state index contributed by atoms with van der Waals surface area (Å²) in [6.07, 6.45) is 0. The van der Waals surface area contributed by atoms with Gasteiger partial charge < -0.3 is 72.0 Å². The number of ether oxygens (including phenoxy) is 2. The number of nitrogens with one attached hydrogen (secondary N) is 6.